The lowest BCUT2D eigenvalue weighted by atomic mass is 9.60. The van der Waals surface area contributed by atoms with E-state index >= 15 is 0 Å². The summed E-state index contributed by atoms with van der Waals surface area (Å²) >= 11 is 0. The summed E-state index contributed by atoms with van der Waals surface area (Å²) < 4.78 is 0. The lowest BCUT2D eigenvalue weighted by Gasteiger charge is -2.28. The summed E-state index contributed by atoms with van der Waals surface area (Å²) in [4.78, 5) is 4.84. The van der Waals surface area contributed by atoms with Gasteiger partial charge >= 0.3 is 6.98 Å². The second-order valence-corrected chi connectivity index (χ2v) is 8.04. The lowest BCUT2D eigenvalue weighted by Crippen LogP contribution is -2.55. The van der Waals surface area contributed by atoms with E-state index in [2.05, 4.69) is 128 Å². The third-order valence-electron chi connectivity index (χ3n) is 6.22. The molecule has 0 amide bonds. The molecule has 0 bridgehead atoms. The topological polar surface area (TPSA) is 6.48 Å². The lowest BCUT2D eigenvalue weighted by molar-refractivity contribution is 1.29. The number of benzene rings is 4. The Balaban J connectivity index is 1.78. The standard InChI is InChI=1S/C27H25BN2/c1-20-12-10-19-25-27(20)30(3)28(29(25)2)26-23(21-13-6-4-7-14-21)17-11-18-24(26)22-15-8-5-9-16-22/h4-19H,1-3H3. The average Bonchev–Trinajstić information content (AvgIpc) is 3.05. The van der Waals surface area contributed by atoms with Crippen molar-refractivity contribution in [2.45, 2.75) is 6.92 Å². The minimum Gasteiger partial charge on any atom is -0.393 e. The fourth-order valence-corrected chi connectivity index (χ4v) is 4.87. The van der Waals surface area contributed by atoms with Gasteiger partial charge in [-0.05, 0) is 60.4 Å². The normalized spacial score (nSPS) is 13.0. The number of hydrogen-bond acceptors (Lipinski definition) is 2. The number of para-hydroxylation sites is 1. The van der Waals surface area contributed by atoms with E-state index in [0.29, 0.717) is 0 Å². The van der Waals surface area contributed by atoms with Gasteiger partial charge < -0.3 is 9.62 Å². The Kier molecular flexibility index (Phi) is 4.59. The van der Waals surface area contributed by atoms with Gasteiger partial charge in [0.15, 0.2) is 0 Å². The maximum absolute atomic E-state index is 2.43. The van der Waals surface area contributed by atoms with Crippen LogP contribution in [-0.2, 0) is 0 Å². The molecule has 1 heterocycles. The first-order valence-electron chi connectivity index (χ1n) is 10.5. The van der Waals surface area contributed by atoms with Crippen molar-refractivity contribution in [1.82, 2.24) is 0 Å². The third kappa shape index (κ3) is 2.90. The van der Waals surface area contributed by atoms with Gasteiger partial charge in [0.1, 0.15) is 0 Å². The molecule has 0 spiro atoms. The van der Waals surface area contributed by atoms with Gasteiger partial charge in [-0.15, -0.1) is 0 Å². The van der Waals surface area contributed by atoms with Crippen LogP contribution in [0, 0.1) is 6.92 Å². The van der Waals surface area contributed by atoms with Crippen molar-refractivity contribution in [3.63, 3.8) is 0 Å². The summed E-state index contributed by atoms with van der Waals surface area (Å²) in [6.07, 6.45) is 0. The van der Waals surface area contributed by atoms with E-state index in [9.17, 15) is 0 Å². The van der Waals surface area contributed by atoms with E-state index in [1.165, 1.54) is 44.7 Å². The quantitative estimate of drug-likeness (QED) is 0.421. The Morgan fingerprint density at radius 2 is 1.10 bits per heavy atom. The molecule has 30 heavy (non-hydrogen) atoms. The molecular formula is C27H25BN2. The Hall–Kier alpha value is -3.46. The fourth-order valence-electron chi connectivity index (χ4n) is 4.87. The number of nitrogens with zero attached hydrogens (tertiary/aromatic N) is 2. The average molecular weight is 388 g/mol. The first kappa shape index (κ1) is 18.6. The molecule has 1 aliphatic heterocycles. The Morgan fingerprint density at radius 1 is 0.567 bits per heavy atom. The van der Waals surface area contributed by atoms with E-state index in [4.69, 9.17) is 0 Å². The van der Waals surface area contributed by atoms with Gasteiger partial charge in [0, 0.05) is 5.69 Å². The molecule has 146 valence electrons. The summed E-state index contributed by atoms with van der Waals surface area (Å²) in [5.41, 5.74) is 10.3. The summed E-state index contributed by atoms with van der Waals surface area (Å²) in [6, 6.07) is 34.8. The zero-order valence-corrected chi connectivity index (χ0v) is 17.7. The van der Waals surface area contributed by atoms with Crippen molar-refractivity contribution in [3.8, 4) is 22.3 Å². The van der Waals surface area contributed by atoms with Crippen LogP contribution in [0.25, 0.3) is 22.3 Å². The van der Waals surface area contributed by atoms with Gasteiger partial charge in [0.05, 0.1) is 5.69 Å². The number of aryl methyl sites for hydroxylation is 1. The molecule has 0 atom stereocenters. The van der Waals surface area contributed by atoms with Crippen molar-refractivity contribution in [2.24, 2.45) is 0 Å². The van der Waals surface area contributed by atoms with Crippen molar-refractivity contribution in [3.05, 3.63) is 103 Å². The summed E-state index contributed by atoms with van der Waals surface area (Å²) in [5.74, 6) is 0. The van der Waals surface area contributed by atoms with Crippen LogP contribution in [0.2, 0.25) is 0 Å². The molecule has 4 aromatic rings. The Labute approximate surface area is 179 Å². The van der Waals surface area contributed by atoms with E-state index in [1.54, 1.807) is 0 Å². The van der Waals surface area contributed by atoms with Gasteiger partial charge in [-0.3, -0.25) is 0 Å². The van der Waals surface area contributed by atoms with Crippen molar-refractivity contribution in [2.75, 3.05) is 23.7 Å². The molecule has 0 N–H and O–H groups in total. The molecule has 1 aliphatic rings. The van der Waals surface area contributed by atoms with Crippen LogP contribution >= 0.6 is 0 Å². The van der Waals surface area contributed by atoms with Crippen LogP contribution in [0.1, 0.15) is 5.56 Å². The summed E-state index contributed by atoms with van der Waals surface area (Å²) in [5, 5.41) is 0. The first-order valence-corrected chi connectivity index (χ1v) is 10.5. The maximum atomic E-state index is 2.43. The monoisotopic (exact) mass is 388 g/mol. The Morgan fingerprint density at radius 3 is 1.63 bits per heavy atom. The van der Waals surface area contributed by atoms with Gasteiger partial charge in [-0.1, -0.05) is 91.0 Å². The molecule has 0 radical (unpaired) electrons. The fraction of sp³-hybridized carbons (Fsp3) is 0.111. The smallest absolute Gasteiger partial charge is 0.393 e. The third-order valence-corrected chi connectivity index (χ3v) is 6.22. The highest BCUT2D eigenvalue weighted by Gasteiger charge is 2.41. The molecule has 0 aromatic heterocycles. The van der Waals surface area contributed by atoms with E-state index < -0.39 is 0 Å². The summed E-state index contributed by atoms with van der Waals surface area (Å²) in [6.45, 7) is 2.32. The number of anilines is 2. The number of hydrogen-bond donors (Lipinski definition) is 0. The number of rotatable bonds is 3. The van der Waals surface area contributed by atoms with Crippen LogP contribution in [0.4, 0.5) is 11.4 Å². The van der Waals surface area contributed by atoms with Crippen molar-refractivity contribution < 1.29 is 0 Å². The largest absolute Gasteiger partial charge is 0.412 e. The highest BCUT2D eigenvalue weighted by Crippen LogP contribution is 2.40. The SMILES string of the molecule is Cc1cccc2c1N(C)B(c1c(-c3ccccc3)cccc1-c1ccccc1)N2C. The summed E-state index contributed by atoms with van der Waals surface area (Å²) in [7, 11) is 4.43. The zero-order chi connectivity index (χ0) is 20.7. The van der Waals surface area contributed by atoms with Crippen molar-refractivity contribution in [1.29, 1.82) is 0 Å². The second kappa shape index (κ2) is 7.42. The molecule has 0 saturated heterocycles. The first-order chi connectivity index (χ1) is 14.7. The molecule has 3 heteroatoms. The van der Waals surface area contributed by atoms with Crippen molar-refractivity contribution >= 4 is 23.8 Å². The van der Waals surface area contributed by atoms with E-state index in [-0.39, 0.29) is 6.98 Å². The molecule has 0 unspecified atom stereocenters. The molecular weight excluding hydrogens is 363 g/mol. The Bertz CT molecular complexity index is 1130. The van der Waals surface area contributed by atoms with Gasteiger partial charge in [0.2, 0.25) is 0 Å². The van der Waals surface area contributed by atoms with E-state index in [0.717, 1.165) is 0 Å². The van der Waals surface area contributed by atoms with Gasteiger partial charge in [0.25, 0.3) is 0 Å². The number of fused-ring (bicyclic) bond motifs is 1. The van der Waals surface area contributed by atoms with Gasteiger partial charge in [-0.2, -0.15) is 0 Å². The minimum atomic E-state index is 0.118. The molecule has 2 nitrogen and oxygen atoms in total. The molecule has 0 aliphatic carbocycles. The maximum Gasteiger partial charge on any atom is 0.412 e. The molecule has 5 rings (SSSR count). The van der Waals surface area contributed by atoms with Crippen LogP contribution < -0.4 is 15.1 Å². The second-order valence-electron chi connectivity index (χ2n) is 8.04. The van der Waals surface area contributed by atoms with E-state index in [1.807, 2.05) is 0 Å². The molecule has 0 fully saturated rings. The predicted molar refractivity (Wildman–Crippen MR) is 131 cm³/mol. The predicted octanol–water partition coefficient (Wildman–Crippen LogP) is 5.61. The molecule has 0 saturated carbocycles. The van der Waals surface area contributed by atoms with Crippen LogP contribution in [0.15, 0.2) is 97.1 Å². The van der Waals surface area contributed by atoms with Crippen LogP contribution in [-0.4, -0.2) is 21.1 Å². The van der Waals surface area contributed by atoms with Crippen LogP contribution in [0.3, 0.4) is 0 Å². The van der Waals surface area contributed by atoms with Crippen LogP contribution in [0.5, 0.6) is 0 Å². The minimum absolute atomic E-state index is 0.118. The highest BCUT2D eigenvalue weighted by atomic mass is 15.3. The zero-order valence-electron chi connectivity index (χ0n) is 17.7. The highest BCUT2D eigenvalue weighted by molar-refractivity contribution is 6.84. The molecule has 4 aromatic carbocycles. The van der Waals surface area contributed by atoms with Gasteiger partial charge in [-0.25, -0.2) is 0 Å².